The SMILES string of the molecule is COc1ccc(CNC(=O)C(C)c2ccccc2)cc1N. The summed E-state index contributed by atoms with van der Waals surface area (Å²) in [5.41, 5.74) is 8.37. The summed E-state index contributed by atoms with van der Waals surface area (Å²) >= 11 is 0. The van der Waals surface area contributed by atoms with E-state index in [-0.39, 0.29) is 11.8 Å². The van der Waals surface area contributed by atoms with Gasteiger partial charge in [0.05, 0.1) is 18.7 Å². The van der Waals surface area contributed by atoms with Crippen molar-refractivity contribution in [1.29, 1.82) is 0 Å². The smallest absolute Gasteiger partial charge is 0.227 e. The lowest BCUT2D eigenvalue weighted by Crippen LogP contribution is -2.27. The molecule has 0 radical (unpaired) electrons. The number of carbonyl (C=O) groups excluding carboxylic acids is 1. The number of rotatable bonds is 5. The molecule has 2 aromatic carbocycles. The summed E-state index contributed by atoms with van der Waals surface area (Å²) in [4.78, 5) is 12.2. The molecule has 4 heteroatoms. The predicted octanol–water partition coefficient (Wildman–Crippen LogP) is 2.70. The van der Waals surface area contributed by atoms with E-state index in [1.54, 1.807) is 13.2 Å². The van der Waals surface area contributed by atoms with Gasteiger partial charge in [0.25, 0.3) is 0 Å². The van der Waals surface area contributed by atoms with Gasteiger partial charge in [-0.25, -0.2) is 0 Å². The second-order valence-electron chi connectivity index (χ2n) is 4.93. The van der Waals surface area contributed by atoms with E-state index in [0.717, 1.165) is 11.1 Å². The molecular weight excluding hydrogens is 264 g/mol. The molecule has 2 rings (SSSR count). The molecular formula is C17H20N2O2. The minimum Gasteiger partial charge on any atom is -0.495 e. The Hall–Kier alpha value is -2.49. The first-order valence-electron chi connectivity index (χ1n) is 6.87. The highest BCUT2D eigenvalue weighted by molar-refractivity contribution is 5.83. The van der Waals surface area contributed by atoms with Gasteiger partial charge in [0.15, 0.2) is 0 Å². The highest BCUT2D eigenvalue weighted by atomic mass is 16.5. The van der Waals surface area contributed by atoms with Gasteiger partial charge in [-0.1, -0.05) is 36.4 Å². The van der Waals surface area contributed by atoms with E-state index < -0.39 is 0 Å². The normalized spacial score (nSPS) is 11.7. The largest absolute Gasteiger partial charge is 0.495 e. The summed E-state index contributed by atoms with van der Waals surface area (Å²) in [5.74, 6) is 0.458. The minimum atomic E-state index is -0.179. The summed E-state index contributed by atoms with van der Waals surface area (Å²) < 4.78 is 5.11. The topological polar surface area (TPSA) is 64.3 Å². The van der Waals surface area contributed by atoms with E-state index in [4.69, 9.17) is 10.5 Å². The van der Waals surface area contributed by atoms with Gasteiger partial charge in [-0.05, 0) is 30.2 Å². The lowest BCUT2D eigenvalue weighted by molar-refractivity contribution is -0.122. The van der Waals surface area contributed by atoms with E-state index in [0.29, 0.717) is 18.0 Å². The average Bonchev–Trinajstić information content (AvgIpc) is 2.52. The Balaban J connectivity index is 1.96. The Morgan fingerprint density at radius 1 is 1.24 bits per heavy atom. The van der Waals surface area contributed by atoms with Crippen molar-refractivity contribution in [2.45, 2.75) is 19.4 Å². The molecule has 0 aliphatic rings. The number of nitrogens with two attached hydrogens (primary N) is 1. The molecule has 2 aromatic rings. The van der Waals surface area contributed by atoms with Crippen LogP contribution < -0.4 is 15.8 Å². The monoisotopic (exact) mass is 284 g/mol. The van der Waals surface area contributed by atoms with Crippen LogP contribution in [0.1, 0.15) is 24.0 Å². The number of amides is 1. The molecule has 0 spiro atoms. The third-order valence-electron chi connectivity index (χ3n) is 3.45. The van der Waals surface area contributed by atoms with Crippen LogP contribution in [-0.2, 0) is 11.3 Å². The molecule has 0 aliphatic carbocycles. The van der Waals surface area contributed by atoms with Crippen LogP contribution in [-0.4, -0.2) is 13.0 Å². The van der Waals surface area contributed by atoms with Crippen molar-refractivity contribution < 1.29 is 9.53 Å². The second-order valence-corrected chi connectivity index (χ2v) is 4.93. The van der Waals surface area contributed by atoms with E-state index in [9.17, 15) is 4.79 Å². The van der Waals surface area contributed by atoms with Crippen molar-refractivity contribution in [2.24, 2.45) is 0 Å². The maximum absolute atomic E-state index is 12.2. The molecule has 21 heavy (non-hydrogen) atoms. The summed E-state index contributed by atoms with van der Waals surface area (Å²) in [6.07, 6.45) is 0. The van der Waals surface area contributed by atoms with Crippen molar-refractivity contribution in [3.63, 3.8) is 0 Å². The van der Waals surface area contributed by atoms with E-state index >= 15 is 0 Å². The zero-order valence-electron chi connectivity index (χ0n) is 12.3. The van der Waals surface area contributed by atoms with Gasteiger partial charge >= 0.3 is 0 Å². The molecule has 1 amide bonds. The Morgan fingerprint density at radius 2 is 1.95 bits per heavy atom. The van der Waals surface area contributed by atoms with Crippen molar-refractivity contribution in [2.75, 3.05) is 12.8 Å². The Labute approximate surface area is 124 Å². The Kier molecular flexibility index (Phi) is 4.82. The van der Waals surface area contributed by atoms with Crippen molar-refractivity contribution in [1.82, 2.24) is 5.32 Å². The van der Waals surface area contributed by atoms with Gasteiger partial charge in [0, 0.05) is 6.54 Å². The molecule has 0 bridgehead atoms. The van der Waals surface area contributed by atoms with Gasteiger partial charge < -0.3 is 15.8 Å². The fraction of sp³-hybridized carbons (Fsp3) is 0.235. The first kappa shape index (κ1) is 14.9. The molecule has 4 nitrogen and oxygen atoms in total. The average molecular weight is 284 g/mol. The van der Waals surface area contributed by atoms with Crippen LogP contribution >= 0.6 is 0 Å². The van der Waals surface area contributed by atoms with E-state index in [1.165, 1.54) is 0 Å². The zero-order chi connectivity index (χ0) is 15.2. The predicted molar refractivity (Wildman–Crippen MR) is 84.1 cm³/mol. The molecule has 0 fully saturated rings. The lowest BCUT2D eigenvalue weighted by Gasteiger charge is -2.13. The molecule has 0 aromatic heterocycles. The van der Waals surface area contributed by atoms with Crippen LogP contribution in [0.4, 0.5) is 5.69 Å². The molecule has 0 saturated carbocycles. The molecule has 0 saturated heterocycles. The van der Waals surface area contributed by atoms with Crippen LogP contribution in [0.15, 0.2) is 48.5 Å². The maximum atomic E-state index is 12.2. The third-order valence-corrected chi connectivity index (χ3v) is 3.45. The standard InChI is InChI=1S/C17H20N2O2/c1-12(14-6-4-3-5-7-14)17(20)19-11-13-8-9-16(21-2)15(18)10-13/h3-10,12H,11,18H2,1-2H3,(H,19,20). The van der Waals surface area contributed by atoms with Gasteiger partial charge in [-0.2, -0.15) is 0 Å². The van der Waals surface area contributed by atoms with Crippen LogP contribution in [0.2, 0.25) is 0 Å². The number of anilines is 1. The Bertz CT molecular complexity index is 611. The van der Waals surface area contributed by atoms with Gasteiger partial charge in [0.1, 0.15) is 5.75 Å². The van der Waals surface area contributed by atoms with Gasteiger partial charge in [-0.3, -0.25) is 4.79 Å². The van der Waals surface area contributed by atoms with Gasteiger partial charge in [-0.15, -0.1) is 0 Å². The molecule has 1 unspecified atom stereocenters. The van der Waals surface area contributed by atoms with E-state index in [1.807, 2.05) is 49.4 Å². The summed E-state index contributed by atoms with van der Waals surface area (Å²) in [5, 5.41) is 2.93. The van der Waals surface area contributed by atoms with E-state index in [2.05, 4.69) is 5.32 Å². The second kappa shape index (κ2) is 6.79. The fourth-order valence-electron chi connectivity index (χ4n) is 2.13. The highest BCUT2D eigenvalue weighted by Crippen LogP contribution is 2.22. The quantitative estimate of drug-likeness (QED) is 0.830. The number of hydrogen-bond donors (Lipinski definition) is 2. The molecule has 1 atom stereocenters. The van der Waals surface area contributed by atoms with Crippen molar-refractivity contribution >= 4 is 11.6 Å². The lowest BCUT2D eigenvalue weighted by atomic mass is 10.0. The Morgan fingerprint density at radius 3 is 2.57 bits per heavy atom. The number of nitrogens with one attached hydrogen (secondary N) is 1. The number of methoxy groups -OCH3 is 1. The van der Waals surface area contributed by atoms with Crippen LogP contribution in [0.25, 0.3) is 0 Å². The number of hydrogen-bond acceptors (Lipinski definition) is 3. The van der Waals surface area contributed by atoms with Crippen molar-refractivity contribution in [3.8, 4) is 5.75 Å². The highest BCUT2D eigenvalue weighted by Gasteiger charge is 2.14. The van der Waals surface area contributed by atoms with Crippen LogP contribution in [0, 0.1) is 0 Å². The molecule has 3 N–H and O–H groups in total. The zero-order valence-corrected chi connectivity index (χ0v) is 12.3. The molecule has 0 aliphatic heterocycles. The van der Waals surface area contributed by atoms with Crippen molar-refractivity contribution in [3.05, 3.63) is 59.7 Å². The molecule has 110 valence electrons. The third kappa shape index (κ3) is 3.75. The summed E-state index contributed by atoms with van der Waals surface area (Å²) in [7, 11) is 1.58. The number of carbonyl (C=O) groups is 1. The summed E-state index contributed by atoms with van der Waals surface area (Å²) in [6.45, 7) is 2.34. The first-order chi connectivity index (χ1) is 10.1. The first-order valence-corrected chi connectivity index (χ1v) is 6.87. The number of benzene rings is 2. The van der Waals surface area contributed by atoms with Crippen LogP contribution in [0.5, 0.6) is 5.75 Å². The minimum absolute atomic E-state index is 0.00408. The summed E-state index contributed by atoms with van der Waals surface area (Å²) in [6, 6.07) is 15.2. The number of ether oxygens (including phenoxy) is 1. The van der Waals surface area contributed by atoms with Crippen LogP contribution in [0.3, 0.4) is 0 Å². The fourth-order valence-corrected chi connectivity index (χ4v) is 2.13. The molecule has 0 heterocycles. The van der Waals surface area contributed by atoms with Gasteiger partial charge in [0.2, 0.25) is 5.91 Å². The maximum Gasteiger partial charge on any atom is 0.227 e. The number of nitrogen functional groups attached to an aromatic ring is 1.